The van der Waals surface area contributed by atoms with Gasteiger partial charge in [-0.15, -0.1) is 0 Å². The third-order valence-corrected chi connectivity index (χ3v) is 8.06. The van der Waals surface area contributed by atoms with Crippen molar-refractivity contribution < 1.29 is 9.32 Å². The number of nitrogens with zero attached hydrogens (tertiary/aromatic N) is 3. The molecule has 2 aliphatic rings. The first-order chi connectivity index (χ1) is 18.0. The molecule has 7 heteroatoms. The Morgan fingerprint density at radius 3 is 2.57 bits per heavy atom. The Kier molecular flexibility index (Phi) is 7.89. The van der Waals surface area contributed by atoms with Crippen LogP contribution in [0.4, 0.5) is 0 Å². The van der Waals surface area contributed by atoms with E-state index in [2.05, 4.69) is 52.4 Å². The summed E-state index contributed by atoms with van der Waals surface area (Å²) in [5.41, 5.74) is 4.71. The lowest BCUT2D eigenvalue weighted by atomic mass is 9.78. The molecule has 2 fully saturated rings. The molecule has 1 amide bonds. The van der Waals surface area contributed by atoms with Gasteiger partial charge in [-0.25, -0.2) is 4.79 Å². The molecule has 1 saturated heterocycles. The highest BCUT2D eigenvalue weighted by molar-refractivity contribution is 5.84. The van der Waals surface area contributed by atoms with Crippen LogP contribution < -0.4 is 5.69 Å². The van der Waals surface area contributed by atoms with Gasteiger partial charge in [0.05, 0.1) is 6.42 Å². The Morgan fingerprint density at radius 2 is 1.86 bits per heavy atom. The van der Waals surface area contributed by atoms with E-state index in [1.807, 2.05) is 24.1 Å². The normalized spacial score (nSPS) is 19.1. The highest BCUT2D eigenvalue weighted by Crippen LogP contribution is 2.42. The van der Waals surface area contributed by atoms with Crippen molar-refractivity contribution in [3.63, 3.8) is 0 Å². The van der Waals surface area contributed by atoms with Gasteiger partial charge in [-0.05, 0) is 85.5 Å². The van der Waals surface area contributed by atoms with Crippen molar-refractivity contribution in [1.29, 1.82) is 0 Å². The van der Waals surface area contributed by atoms with Crippen LogP contribution in [0.2, 0.25) is 0 Å². The van der Waals surface area contributed by atoms with Gasteiger partial charge in [0.25, 0.3) is 5.89 Å². The number of likely N-dealkylation sites (tertiary alicyclic amines) is 1. The molecule has 0 spiro atoms. The van der Waals surface area contributed by atoms with Gasteiger partial charge in [0.2, 0.25) is 5.91 Å². The second-order valence-electron chi connectivity index (χ2n) is 10.9. The SMILES string of the molecule is CN1CCCC(CN(C)C(=O)Cc2cc(-c3nc(=O)[nH]o3)cc(C3CCCCC3)c2-c2ccccc2)C1. The average molecular weight is 503 g/mol. The van der Waals surface area contributed by atoms with Crippen LogP contribution in [-0.2, 0) is 11.2 Å². The summed E-state index contributed by atoms with van der Waals surface area (Å²) in [6.45, 7) is 2.94. The fraction of sp³-hybridized carbons (Fsp3) is 0.500. The summed E-state index contributed by atoms with van der Waals surface area (Å²) in [5.74, 6) is 1.29. The van der Waals surface area contributed by atoms with Gasteiger partial charge in [0.15, 0.2) is 0 Å². The number of aromatic amines is 1. The summed E-state index contributed by atoms with van der Waals surface area (Å²) in [4.78, 5) is 33.7. The molecule has 1 saturated carbocycles. The maximum atomic E-state index is 13.6. The molecule has 0 radical (unpaired) electrons. The number of piperidine rings is 1. The van der Waals surface area contributed by atoms with E-state index in [1.165, 1.54) is 31.2 Å². The van der Waals surface area contributed by atoms with E-state index >= 15 is 0 Å². The Bertz CT molecular complexity index is 1260. The Morgan fingerprint density at radius 1 is 1.08 bits per heavy atom. The zero-order valence-corrected chi connectivity index (χ0v) is 22.0. The van der Waals surface area contributed by atoms with Crippen LogP contribution in [0.1, 0.15) is 62.0 Å². The van der Waals surface area contributed by atoms with Crippen LogP contribution in [-0.4, -0.2) is 59.6 Å². The van der Waals surface area contributed by atoms with Crippen molar-refractivity contribution in [1.82, 2.24) is 19.9 Å². The molecule has 7 nitrogen and oxygen atoms in total. The highest BCUT2D eigenvalue weighted by Gasteiger charge is 2.26. The quantitative estimate of drug-likeness (QED) is 0.487. The molecule has 5 rings (SSSR count). The van der Waals surface area contributed by atoms with Crippen molar-refractivity contribution in [2.75, 3.05) is 33.7 Å². The van der Waals surface area contributed by atoms with Crippen LogP contribution in [0.5, 0.6) is 0 Å². The fourth-order valence-electron chi connectivity index (χ4n) is 6.24. The molecule has 1 aromatic heterocycles. The molecule has 0 bridgehead atoms. The summed E-state index contributed by atoms with van der Waals surface area (Å²) in [7, 11) is 4.09. The molecule has 1 atom stereocenters. The van der Waals surface area contributed by atoms with Crippen LogP contribution in [0.15, 0.2) is 51.8 Å². The Hall–Kier alpha value is -3.19. The van der Waals surface area contributed by atoms with Crippen molar-refractivity contribution in [3.8, 4) is 22.6 Å². The molecule has 1 N–H and O–H groups in total. The van der Waals surface area contributed by atoms with Gasteiger partial charge in [-0.1, -0.05) is 49.6 Å². The molecular formula is C30H38N4O3. The van der Waals surface area contributed by atoms with E-state index in [0.29, 0.717) is 18.3 Å². The maximum Gasteiger partial charge on any atom is 0.377 e. The summed E-state index contributed by atoms with van der Waals surface area (Å²) in [6, 6.07) is 14.5. The summed E-state index contributed by atoms with van der Waals surface area (Å²) < 4.78 is 5.41. The van der Waals surface area contributed by atoms with Crippen molar-refractivity contribution in [2.45, 2.75) is 57.3 Å². The molecule has 2 heterocycles. The van der Waals surface area contributed by atoms with Gasteiger partial charge in [-0.2, -0.15) is 10.1 Å². The van der Waals surface area contributed by atoms with E-state index in [1.54, 1.807) is 0 Å². The standard InChI is InChI=1S/C30H38N4O3/c1-33-15-9-10-21(19-33)20-34(2)27(35)18-24-16-25(29-31-30(36)32-37-29)17-26(22-11-5-3-6-12-22)28(24)23-13-7-4-8-14-23/h4,7-8,13-14,16-17,21-22H,3,5-6,9-12,15,18-20H2,1-2H3,(H,32,36). The number of benzene rings is 2. The molecule has 1 aliphatic heterocycles. The third-order valence-electron chi connectivity index (χ3n) is 8.06. The highest BCUT2D eigenvalue weighted by atomic mass is 16.5. The van der Waals surface area contributed by atoms with E-state index in [9.17, 15) is 9.59 Å². The number of amides is 1. The number of carbonyl (C=O) groups is 1. The molecule has 3 aromatic rings. The fourth-order valence-corrected chi connectivity index (χ4v) is 6.24. The molecule has 1 unspecified atom stereocenters. The number of nitrogens with one attached hydrogen (secondary N) is 1. The number of hydrogen-bond acceptors (Lipinski definition) is 5. The smallest absolute Gasteiger partial charge is 0.357 e. The number of rotatable bonds is 7. The number of hydrogen-bond donors (Lipinski definition) is 1. The number of likely N-dealkylation sites (N-methyl/N-ethyl adjacent to an activating group) is 1. The Balaban J connectivity index is 1.53. The maximum absolute atomic E-state index is 13.6. The van der Waals surface area contributed by atoms with Crippen LogP contribution in [0, 0.1) is 5.92 Å². The predicted molar refractivity (Wildman–Crippen MR) is 145 cm³/mol. The van der Waals surface area contributed by atoms with E-state index in [4.69, 9.17) is 4.52 Å². The first-order valence-electron chi connectivity index (χ1n) is 13.7. The van der Waals surface area contributed by atoms with Gasteiger partial charge in [0, 0.05) is 25.7 Å². The van der Waals surface area contributed by atoms with Crippen LogP contribution in [0.25, 0.3) is 22.6 Å². The second kappa shape index (κ2) is 11.5. The number of H-pyrrole nitrogens is 1. The summed E-state index contributed by atoms with van der Waals surface area (Å²) in [6.07, 6.45) is 8.55. The summed E-state index contributed by atoms with van der Waals surface area (Å²) >= 11 is 0. The minimum atomic E-state index is -0.504. The Labute approximate surface area is 218 Å². The van der Waals surface area contributed by atoms with Crippen molar-refractivity contribution >= 4 is 5.91 Å². The van der Waals surface area contributed by atoms with E-state index in [-0.39, 0.29) is 11.8 Å². The predicted octanol–water partition coefficient (Wildman–Crippen LogP) is 5.09. The lowest BCUT2D eigenvalue weighted by molar-refractivity contribution is -0.129. The first kappa shape index (κ1) is 25.5. The molecule has 37 heavy (non-hydrogen) atoms. The second-order valence-corrected chi connectivity index (χ2v) is 10.9. The number of aromatic nitrogens is 2. The van der Waals surface area contributed by atoms with Crippen LogP contribution >= 0.6 is 0 Å². The molecule has 2 aromatic carbocycles. The lowest BCUT2D eigenvalue weighted by Gasteiger charge is -2.32. The van der Waals surface area contributed by atoms with Crippen molar-refractivity contribution in [3.05, 3.63) is 64.1 Å². The van der Waals surface area contributed by atoms with E-state index < -0.39 is 5.69 Å². The van der Waals surface area contributed by atoms with Gasteiger partial charge in [-0.3, -0.25) is 4.79 Å². The van der Waals surface area contributed by atoms with Crippen LogP contribution in [0.3, 0.4) is 0 Å². The van der Waals surface area contributed by atoms with Gasteiger partial charge < -0.3 is 14.3 Å². The topological polar surface area (TPSA) is 82.4 Å². The molecule has 196 valence electrons. The van der Waals surface area contributed by atoms with E-state index in [0.717, 1.165) is 61.2 Å². The molecular weight excluding hydrogens is 464 g/mol. The minimum absolute atomic E-state index is 0.112. The first-order valence-corrected chi connectivity index (χ1v) is 13.7. The zero-order chi connectivity index (χ0) is 25.8. The monoisotopic (exact) mass is 502 g/mol. The number of carbonyl (C=O) groups excluding carboxylic acids is 1. The van der Waals surface area contributed by atoms with Crippen molar-refractivity contribution in [2.24, 2.45) is 5.92 Å². The van der Waals surface area contributed by atoms with Gasteiger partial charge in [0.1, 0.15) is 0 Å². The molecule has 1 aliphatic carbocycles. The van der Waals surface area contributed by atoms with Gasteiger partial charge >= 0.3 is 5.69 Å². The zero-order valence-electron chi connectivity index (χ0n) is 22.0. The average Bonchev–Trinajstić information content (AvgIpc) is 3.35. The lowest BCUT2D eigenvalue weighted by Crippen LogP contribution is -2.40. The minimum Gasteiger partial charge on any atom is -0.357 e. The third kappa shape index (κ3) is 6.04. The largest absolute Gasteiger partial charge is 0.377 e. The summed E-state index contributed by atoms with van der Waals surface area (Å²) in [5, 5.41) is 2.32.